The zero-order valence-corrected chi connectivity index (χ0v) is 10.6. The molecule has 0 saturated carbocycles. The van der Waals surface area contributed by atoms with Gasteiger partial charge >= 0.3 is 5.97 Å². The molecular formula is C14H17NO3. The fourth-order valence-electron chi connectivity index (χ4n) is 2.53. The Hall–Kier alpha value is -1.84. The maximum absolute atomic E-state index is 12.3. The van der Waals surface area contributed by atoms with Crippen LogP contribution in [0.15, 0.2) is 18.2 Å². The van der Waals surface area contributed by atoms with Crippen molar-refractivity contribution < 1.29 is 14.7 Å². The van der Waals surface area contributed by atoms with Gasteiger partial charge in [0.2, 0.25) is 0 Å². The van der Waals surface area contributed by atoms with Crippen LogP contribution in [0.5, 0.6) is 0 Å². The van der Waals surface area contributed by atoms with Gasteiger partial charge in [-0.25, -0.2) is 4.79 Å². The number of carboxylic acids is 1. The smallest absolute Gasteiger partial charge is 0.326 e. The van der Waals surface area contributed by atoms with Gasteiger partial charge in [-0.2, -0.15) is 0 Å². The number of likely N-dealkylation sites (tertiary alicyclic amines) is 1. The van der Waals surface area contributed by atoms with Crippen molar-refractivity contribution >= 4 is 11.9 Å². The van der Waals surface area contributed by atoms with Crippen molar-refractivity contribution in [3.8, 4) is 0 Å². The Bertz CT molecular complexity index is 476. The Morgan fingerprint density at radius 3 is 2.39 bits per heavy atom. The van der Waals surface area contributed by atoms with E-state index in [4.69, 9.17) is 5.11 Å². The van der Waals surface area contributed by atoms with E-state index in [2.05, 4.69) is 0 Å². The van der Waals surface area contributed by atoms with E-state index < -0.39 is 12.0 Å². The normalized spacial score (nSPS) is 19.0. The van der Waals surface area contributed by atoms with E-state index in [1.807, 2.05) is 32.0 Å². The number of benzene rings is 1. The maximum Gasteiger partial charge on any atom is 0.326 e. The van der Waals surface area contributed by atoms with E-state index in [1.165, 1.54) is 4.90 Å². The third-order valence-corrected chi connectivity index (χ3v) is 3.27. The predicted octanol–water partition coefficient (Wildman–Crippen LogP) is 1.99. The standard InChI is InChI=1S/C14H17NO3/c1-9-6-10(2)8-11(7-9)13(16)15-5-3-4-12(15)14(17)18/h6-8,12H,3-5H2,1-2H3,(H,17,18)/t12-/m0/s1. The molecule has 1 atom stereocenters. The van der Waals surface area contributed by atoms with Crippen LogP contribution in [0.2, 0.25) is 0 Å². The summed E-state index contributed by atoms with van der Waals surface area (Å²) in [4.78, 5) is 24.9. The molecule has 2 rings (SSSR count). The Morgan fingerprint density at radius 1 is 1.22 bits per heavy atom. The van der Waals surface area contributed by atoms with E-state index in [9.17, 15) is 9.59 Å². The summed E-state index contributed by atoms with van der Waals surface area (Å²) in [5, 5.41) is 9.09. The van der Waals surface area contributed by atoms with Crippen LogP contribution in [0.4, 0.5) is 0 Å². The Balaban J connectivity index is 2.28. The van der Waals surface area contributed by atoms with Gasteiger partial charge in [-0.15, -0.1) is 0 Å². The molecule has 0 unspecified atom stereocenters. The molecule has 0 aromatic heterocycles. The van der Waals surface area contributed by atoms with E-state index in [0.717, 1.165) is 17.5 Å². The lowest BCUT2D eigenvalue weighted by atomic mass is 10.1. The molecule has 1 aromatic carbocycles. The maximum atomic E-state index is 12.3. The average molecular weight is 247 g/mol. The van der Waals surface area contributed by atoms with Crippen LogP contribution in [0.1, 0.15) is 34.3 Å². The lowest BCUT2D eigenvalue weighted by Crippen LogP contribution is -2.40. The summed E-state index contributed by atoms with van der Waals surface area (Å²) in [6, 6.07) is 4.95. The molecular weight excluding hydrogens is 230 g/mol. The van der Waals surface area contributed by atoms with Gasteiger partial charge in [0.15, 0.2) is 0 Å². The quantitative estimate of drug-likeness (QED) is 0.869. The number of hydrogen-bond donors (Lipinski definition) is 1. The van der Waals surface area contributed by atoms with E-state index in [1.54, 1.807) is 0 Å². The second-order valence-corrected chi connectivity index (χ2v) is 4.87. The largest absolute Gasteiger partial charge is 0.480 e. The first-order chi connectivity index (χ1) is 8.49. The third kappa shape index (κ3) is 2.37. The number of carbonyl (C=O) groups is 2. The first-order valence-electron chi connectivity index (χ1n) is 6.11. The molecule has 1 fully saturated rings. The lowest BCUT2D eigenvalue weighted by molar-refractivity contribution is -0.141. The van der Waals surface area contributed by atoms with Crippen LogP contribution >= 0.6 is 0 Å². The predicted molar refractivity (Wildman–Crippen MR) is 67.6 cm³/mol. The topological polar surface area (TPSA) is 57.6 Å². The van der Waals surface area contributed by atoms with Gasteiger partial charge in [-0.05, 0) is 38.8 Å². The number of nitrogens with zero attached hydrogens (tertiary/aromatic N) is 1. The van der Waals surface area contributed by atoms with Crippen LogP contribution in [0.3, 0.4) is 0 Å². The van der Waals surface area contributed by atoms with Crippen molar-refractivity contribution in [2.75, 3.05) is 6.54 Å². The van der Waals surface area contributed by atoms with Gasteiger partial charge < -0.3 is 10.0 Å². The zero-order valence-electron chi connectivity index (χ0n) is 10.6. The molecule has 1 amide bonds. The molecule has 0 aliphatic carbocycles. The van der Waals surface area contributed by atoms with Crippen LogP contribution in [0, 0.1) is 13.8 Å². The highest BCUT2D eigenvalue weighted by Gasteiger charge is 2.34. The van der Waals surface area contributed by atoms with Crippen molar-refractivity contribution in [2.45, 2.75) is 32.7 Å². The number of rotatable bonds is 2. The molecule has 1 saturated heterocycles. The highest BCUT2D eigenvalue weighted by atomic mass is 16.4. The van der Waals surface area contributed by atoms with Crippen LogP contribution in [-0.4, -0.2) is 34.5 Å². The van der Waals surface area contributed by atoms with Crippen molar-refractivity contribution in [1.29, 1.82) is 0 Å². The second-order valence-electron chi connectivity index (χ2n) is 4.87. The summed E-state index contributed by atoms with van der Waals surface area (Å²) in [7, 11) is 0. The highest BCUT2D eigenvalue weighted by molar-refractivity contribution is 5.97. The second kappa shape index (κ2) is 4.80. The molecule has 1 heterocycles. The van der Waals surface area contributed by atoms with Crippen LogP contribution in [-0.2, 0) is 4.79 Å². The number of carboxylic acid groups (broad SMARTS) is 1. The van der Waals surface area contributed by atoms with Gasteiger partial charge in [-0.1, -0.05) is 17.2 Å². The SMILES string of the molecule is Cc1cc(C)cc(C(=O)N2CCC[C@H]2C(=O)O)c1. The lowest BCUT2D eigenvalue weighted by Gasteiger charge is -2.21. The minimum atomic E-state index is -0.912. The molecule has 0 radical (unpaired) electrons. The van der Waals surface area contributed by atoms with Crippen molar-refractivity contribution in [2.24, 2.45) is 0 Å². The molecule has 1 aliphatic heterocycles. The zero-order chi connectivity index (χ0) is 13.3. The number of carbonyl (C=O) groups excluding carboxylic acids is 1. The molecule has 1 N–H and O–H groups in total. The van der Waals surface area contributed by atoms with Gasteiger partial charge in [0, 0.05) is 12.1 Å². The van der Waals surface area contributed by atoms with Crippen molar-refractivity contribution in [1.82, 2.24) is 4.90 Å². The third-order valence-electron chi connectivity index (χ3n) is 3.27. The van der Waals surface area contributed by atoms with Crippen LogP contribution in [0.25, 0.3) is 0 Å². The Labute approximate surface area is 106 Å². The minimum absolute atomic E-state index is 0.174. The molecule has 1 aromatic rings. The van der Waals surface area contributed by atoms with E-state index in [0.29, 0.717) is 18.5 Å². The summed E-state index contributed by atoms with van der Waals surface area (Å²) in [6.45, 7) is 4.40. The molecule has 0 bridgehead atoms. The molecule has 18 heavy (non-hydrogen) atoms. The summed E-state index contributed by atoms with van der Waals surface area (Å²) in [5.41, 5.74) is 2.62. The number of aryl methyl sites for hydroxylation is 2. The monoisotopic (exact) mass is 247 g/mol. The summed E-state index contributed by atoms with van der Waals surface area (Å²) >= 11 is 0. The first kappa shape index (κ1) is 12.6. The van der Waals surface area contributed by atoms with Crippen molar-refractivity contribution in [3.63, 3.8) is 0 Å². The molecule has 1 aliphatic rings. The highest BCUT2D eigenvalue weighted by Crippen LogP contribution is 2.21. The summed E-state index contributed by atoms with van der Waals surface area (Å²) in [5.74, 6) is -1.09. The van der Waals surface area contributed by atoms with Crippen LogP contribution < -0.4 is 0 Å². The molecule has 96 valence electrons. The number of aliphatic carboxylic acids is 1. The summed E-state index contributed by atoms with van der Waals surface area (Å²) in [6.07, 6.45) is 1.30. The van der Waals surface area contributed by atoms with Gasteiger partial charge in [0.1, 0.15) is 6.04 Å². The minimum Gasteiger partial charge on any atom is -0.480 e. The average Bonchev–Trinajstić information content (AvgIpc) is 2.75. The summed E-state index contributed by atoms with van der Waals surface area (Å²) < 4.78 is 0. The van der Waals surface area contributed by atoms with E-state index in [-0.39, 0.29) is 5.91 Å². The molecule has 0 spiro atoms. The van der Waals surface area contributed by atoms with Gasteiger partial charge in [0.25, 0.3) is 5.91 Å². The number of hydrogen-bond acceptors (Lipinski definition) is 2. The number of amides is 1. The molecule has 4 nitrogen and oxygen atoms in total. The van der Waals surface area contributed by atoms with Gasteiger partial charge in [0.05, 0.1) is 0 Å². The fraction of sp³-hybridized carbons (Fsp3) is 0.429. The Kier molecular flexibility index (Phi) is 3.36. The Morgan fingerprint density at radius 2 is 1.83 bits per heavy atom. The molecule has 4 heteroatoms. The van der Waals surface area contributed by atoms with Gasteiger partial charge in [-0.3, -0.25) is 4.79 Å². The van der Waals surface area contributed by atoms with E-state index >= 15 is 0 Å². The van der Waals surface area contributed by atoms with Crippen molar-refractivity contribution in [3.05, 3.63) is 34.9 Å². The first-order valence-corrected chi connectivity index (χ1v) is 6.11. The fourth-order valence-corrected chi connectivity index (χ4v) is 2.53.